The van der Waals surface area contributed by atoms with Crippen LogP contribution in [-0.2, 0) is 37.0 Å². The van der Waals surface area contributed by atoms with Crippen LogP contribution in [0.2, 0.25) is 0 Å². The molecule has 1 heterocycles. The van der Waals surface area contributed by atoms with Gasteiger partial charge in [0.25, 0.3) is 0 Å². The number of carbonyl (C=O) groups is 1. The fourth-order valence-corrected chi connectivity index (χ4v) is 3.78. The lowest BCUT2D eigenvalue weighted by molar-refractivity contribution is -0.148. The topological polar surface area (TPSA) is 54.0 Å². The molecule has 3 rings (SSSR count). The Labute approximate surface area is 191 Å². The number of allylic oxidation sites excluding steroid dienone is 1. The summed E-state index contributed by atoms with van der Waals surface area (Å²) in [6.07, 6.45) is 6.02. The van der Waals surface area contributed by atoms with E-state index in [0.717, 1.165) is 30.4 Å². The maximum Gasteiger partial charge on any atom is 0.302 e. The zero-order chi connectivity index (χ0) is 22.6. The molecular weight excluding hydrogens is 404 g/mol. The molecule has 1 saturated heterocycles. The van der Waals surface area contributed by atoms with Gasteiger partial charge in [-0.2, -0.15) is 0 Å². The fourth-order valence-electron chi connectivity index (χ4n) is 3.78. The van der Waals surface area contributed by atoms with E-state index in [1.54, 1.807) is 0 Å². The molecule has 5 nitrogen and oxygen atoms in total. The molecule has 172 valence electrons. The molecule has 5 heteroatoms. The van der Waals surface area contributed by atoms with Gasteiger partial charge in [-0.1, -0.05) is 86.2 Å². The van der Waals surface area contributed by atoms with E-state index in [1.807, 2.05) is 60.7 Å². The van der Waals surface area contributed by atoms with E-state index in [-0.39, 0.29) is 37.0 Å². The molecular formula is C27H34O5. The largest absolute Gasteiger partial charge is 0.463 e. The predicted molar refractivity (Wildman–Crippen MR) is 124 cm³/mol. The quantitative estimate of drug-likeness (QED) is 0.335. The van der Waals surface area contributed by atoms with Crippen molar-refractivity contribution in [3.63, 3.8) is 0 Å². The summed E-state index contributed by atoms with van der Waals surface area (Å²) in [4.78, 5) is 11.4. The van der Waals surface area contributed by atoms with Gasteiger partial charge >= 0.3 is 5.97 Å². The van der Waals surface area contributed by atoms with Crippen LogP contribution in [-0.4, -0.2) is 37.0 Å². The van der Waals surface area contributed by atoms with E-state index in [2.05, 4.69) is 19.1 Å². The highest BCUT2D eigenvalue weighted by atomic mass is 16.6. The van der Waals surface area contributed by atoms with Crippen LogP contribution in [0, 0.1) is 0 Å². The normalized spacial score (nSPS) is 22.9. The summed E-state index contributed by atoms with van der Waals surface area (Å²) >= 11 is 0. The van der Waals surface area contributed by atoms with Crippen LogP contribution in [0.3, 0.4) is 0 Å². The number of rotatable bonds is 12. The number of hydrogen-bond acceptors (Lipinski definition) is 5. The minimum absolute atomic E-state index is 0.148. The summed E-state index contributed by atoms with van der Waals surface area (Å²) in [7, 11) is 0. The lowest BCUT2D eigenvalue weighted by Crippen LogP contribution is -2.39. The third-order valence-electron chi connectivity index (χ3n) is 5.42. The van der Waals surface area contributed by atoms with Crippen molar-refractivity contribution in [2.45, 2.75) is 70.7 Å². The summed E-state index contributed by atoms with van der Waals surface area (Å²) in [6.45, 7) is 4.62. The van der Waals surface area contributed by atoms with Crippen molar-refractivity contribution in [3.8, 4) is 0 Å². The molecule has 0 amide bonds. The predicted octanol–water partition coefficient (Wildman–Crippen LogP) is 5.23. The van der Waals surface area contributed by atoms with Crippen LogP contribution in [0.1, 0.15) is 44.2 Å². The minimum atomic E-state index is -0.382. The SMILES string of the molecule is CCC/C=C/CC1O[C@H](COC(C)=O)[C@@H](OCc2ccccc2)[C@H]1OCc1ccccc1. The first kappa shape index (κ1) is 24.2. The summed E-state index contributed by atoms with van der Waals surface area (Å²) < 4.78 is 24.3. The molecule has 0 N–H and O–H groups in total. The van der Waals surface area contributed by atoms with Crippen LogP contribution in [0.5, 0.6) is 0 Å². The molecule has 4 atom stereocenters. The number of unbranched alkanes of at least 4 members (excludes halogenated alkanes) is 1. The Morgan fingerprint density at radius 1 is 0.875 bits per heavy atom. The van der Waals surface area contributed by atoms with Crippen molar-refractivity contribution in [2.24, 2.45) is 0 Å². The second kappa shape index (κ2) is 13.2. The zero-order valence-electron chi connectivity index (χ0n) is 19.0. The Morgan fingerprint density at radius 2 is 1.44 bits per heavy atom. The number of ether oxygens (including phenoxy) is 4. The van der Waals surface area contributed by atoms with Gasteiger partial charge in [-0.3, -0.25) is 4.79 Å². The second-order valence-corrected chi connectivity index (χ2v) is 8.03. The van der Waals surface area contributed by atoms with Gasteiger partial charge in [0, 0.05) is 6.92 Å². The molecule has 0 spiro atoms. The molecule has 1 aliphatic heterocycles. The molecule has 1 unspecified atom stereocenters. The monoisotopic (exact) mass is 438 g/mol. The molecule has 32 heavy (non-hydrogen) atoms. The number of esters is 1. The van der Waals surface area contributed by atoms with Gasteiger partial charge in [-0.05, 0) is 24.0 Å². The van der Waals surface area contributed by atoms with E-state index in [0.29, 0.717) is 13.2 Å². The summed E-state index contributed by atoms with van der Waals surface area (Å²) in [5.41, 5.74) is 2.17. The molecule has 2 aromatic rings. The molecule has 0 bridgehead atoms. The van der Waals surface area contributed by atoms with E-state index < -0.39 is 0 Å². The molecule has 1 aliphatic rings. The van der Waals surface area contributed by atoms with Crippen molar-refractivity contribution in [1.29, 1.82) is 0 Å². The number of hydrogen-bond donors (Lipinski definition) is 0. The number of benzene rings is 2. The highest BCUT2D eigenvalue weighted by Gasteiger charge is 2.46. The van der Waals surface area contributed by atoms with Crippen molar-refractivity contribution in [3.05, 3.63) is 83.9 Å². The molecule has 0 aromatic heterocycles. The van der Waals surface area contributed by atoms with Crippen molar-refractivity contribution in [2.75, 3.05) is 6.61 Å². The number of carbonyl (C=O) groups excluding carboxylic acids is 1. The molecule has 0 aliphatic carbocycles. The standard InChI is InChI=1S/C27H34O5/c1-3-4-5-12-17-24-26(30-18-22-13-8-6-9-14-22)27(25(32-24)20-29-21(2)28)31-19-23-15-10-7-11-16-23/h5-16,24-27H,3-4,17-20H2,1-2H3/b12-5+/t24?,25-,26+,27-/m1/s1. The zero-order valence-corrected chi connectivity index (χ0v) is 19.0. The molecule has 2 aromatic carbocycles. The van der Waals surface area contributed by atoms with Gasteiger partial charge in [0.15, 0.2) is 0 Å². The average molecular weight is 439 g/mol. The Bertz CT molecular complexity index is 820. The van der Waals surface area contributed by atoms with Gasteiger partial charge in [-0.15, -0.1) is 0 Å². The first-order valence-corrected chi connectivity index (χ1v) is 11.4. The van der Waals surface area contributed by atoms with Gasteiger partial charge in [0.2, 0.25) is 0 Å². The highest BCUT2D eigenvalue weighted by Crippen LogP contribution is 2.31. The van der Waals surface area contributed by atoms with Gasteiger partial charge in [0.1, 0.15) is 24.9 Å². The summed E-state index contributed by atoms with van der Waals surface area (Å²) in [6, 6.07) is 20.1. The van der Waals surface area contributed by atoms with Crippen molar-refractivity contribution in [1.82, 2.24) is 0 Å². The van der Waals surface area contributed by atoms with Crippen LogP contribution >= 0.6 is 0 Å². The van der Waals surface area contributed by atoms with E-state index in [1.165, 1.54) is 6.92 Å². The van der Waals surface area contributed by atoms with Gasteiger partial charge < -0.3 is 18.9 Å². The van der Waals surface area contributed by atoms with E-state index in [4.69, 9.17) is 18.9 Å². The lowest BCUT2D eigenvalue weighted by atomic mass is 10.0. The third-order valence-corrected chi connectivity index (χ3v) is 5.42. The third kappa shape index (κ3) is 7.59. The van der Waals surface area contributed by atoms with Crippen LogP contribution in [0.25, 0.3) is 0 Å². The summed E-state index contributed by atoms with van der Waals surface area (Å²) in [5, 5.41) is 0. The van der Waals surface area contributed by atoms with Crippen LogP contribution in [0.15, 0.2) is 72.8 Å². The van der Waals surface area contributed by atoms with Crippen LogP contribution in [0.4, 0.5) is 0 Å². The Kier molecular flexibility index (Phi) is 9.95. The first-order valence-electron chi connectivity index (χ1n) is 11.4. The van der Waals surface area contributed by atoms with Gasteiger partial charge in [0.05, 0.1) is 19.3 Å². The van der Waals surface area contributed by atoms with E-state index >= 15 is 0 Å². The fraction of sp³-hybridized carbons (Fsp3) is 0.444. The second-order valence-electron chi connectivity index (χ2n) is 8.03. The lowest BCUT2D eigenvalue weighted by Gasteiger charge is -2.25. The molecule has 1 fully saturated rings. The van der Waals surface area contributed by atoms with Crippen molar-refractivity contribution < 1.29 is 23.7 Å². The molecule has 0 radical (unpaired) electrons. The minimum Gasteiger partial charge on any atom is -0.463 e. The molecule has 0 saturated carbocycles. The Balaban J connectivity index is 1.75. The highest BCUT2D eigenvalue weighted by molar-refractivity contribution is 5.65. The van der Waals surface area contributed by atoms with Gasteiger partial charge in [-0.25, -0.2) is 0 Å². The Hall–Kier alpha value is -2.47. The van der Waals surface area contributed by atoms with Crippen LogP contribution < -0.4 is 0 Å². The Morgan fingerprint density at radius 3 is 1.97 bits per heavy atom. The maximum absolute atomic E-state index is 11.4. The smallest absolute Gasteiger partial charge is 0.302 e. The average Bonchev–Trinajstić information content (AvgIpc) is 3.15. The van der Waals surface area contributed by atoms with Crippen molar-refractivity contribution >= 4 is 5.97 Å². The maximum atomic E-state index is 11.4. The van der Waals surface area contributed by atoms with E-state index in [9.17, 15) is 4.79 Å². The summed E-state index contributed by atoms with van der Waals surface area (Å²) in [5.74, 6) is -0.330. The first-order chi connectivity index (χ1) is 15.7.